The van der Waals surface area contributed by atoms with E-state index in [1.165, 1.54) is 12.1 Å². The number of halogens is 1. The van der Waals surface area contributed by atoms with Crippen molar-refractivity contribution in [1.82, 2.24) is 14.9 Å². The first-order valence-electron chi connectivity index (χ1n) is 10.0. The van der Waals surface area contributed by atoms with E-state index in [4.69, 9.17) is 4.74 Å². The summed E-state index contributed by atoms with van der Waals surface area (Å²) in [6.45, 7) is 0.774. The van der Waals surface area contributed by atoms with Crippen LogP contribution in [0.1, 0.15) is 28.8 Å². The van der Waals surface area contributed by atoms with Gasteiger partial charge in [0.05, 0.1) is 5.56 Å². The number of hydrogen-bond donors (Lipinski definition) is 1. The molecule has 2 aliphatic rings. The molecule has 156 valence electrons. The molecule has 3 heterocycles. The number of likely N-dealkylation sites (tertiary alicyclic amines) is 1. The largest absolute Gasteiger partial charge is 0.450 e. The van der Waals surface area contributed by atoms with Crippen LogP contribution in [0.3, 0.4) is 0 Å². The van der Waals surface area contributed by atoms with E-state index < -0.39 is 17.4 Å². The van der Waals surface area contributed by atoms with Gasteiger partial charge in [-0.1, -0.05) is 36.4 Å². The van der Waals surface area contributed by atoms with Crippen molar-refractivity contribution in [3.8, 4) is 11.1 Å². The fourth-order valence-corrected chi connectivity index (χ4v) is 4.16. The Morgan fingerprint density at radius 1 is 1.03 bits per heavy atom. The highest BCUT2D eigenvalue weighted by Crippen LogP contribution is 2.44. The van der Waals surface area contributed by atoms with E-state index in [2.05, 4.69) is 15.3 Å². The number of hydrogen-bond acceptors (Lipinski definition) is 5. The maximum absolute atomic E-state index is 13.5. The van der Waals surface area contributed by atoms with E-state index in [9.17, 15) is 14.0 Å². The Morgan fingerprint density at radius 3 is 2.45 bits per heavy atom. The maximum atomic E-state index is 13.5. The predicted octanol–water partition coefficient (Wildman–Crippen LogP) is 3.98. The number of carbonyl (C=O) groups excluding carboxylic acids is 2. The van der Waals surface area contributed by atoms with Gasteiger partial charge in [0.2, 0.25) is 5.95 Å². The van der Waals surface area contributed by atoms with E-state index >= 15 is 0 Å². The van der Waals surface area contributed by atoms with Gasteiger partial charge in [-0.05, 0) is 17.7 Å². The van der Waals surface area contributed by atoms with Crippen LogP contribution in [0, 0.1) is 5.82 Å². The number of aromatic nitrogens is 2. The molecule has 1 N–H and O–H groups in total. The van der Waals surface area contributed by atoms with Gasteiger partial charge >= 0.3 is 12.0 Å². The summed E-state index contributed by atoms with van der Waals surface area (Å²) in [7, 11) is 0. The van der Waals surface area contributed by atoms with Gasteiger partial charge in [-0.3, -0.25) is 5.32 Å². The normalized spacial score (nSPS) is 16.7. The minimum atomic E-state index is -0.801. The minimum absolute atomic E-state index is 0.220. The number of amides is 2. The van der Waals surface area contributed by atoms with Crippen molar-refractivity contribution < 1.29 is 18.7 Å². The van der Waals surface area contributed by atoms with Gasteiger partial charge in [-0.2, -0.15) is 0 Å². The summed E-state index contributed by atoms with van der Waals surface area (Å²) in [6, 6.07) is 13.6. The standard InChI is InChI=1S/C23H19FN4O3/c24-17-6-7-19-18(12-17)20(29)31-23(19)8-10-28(11-9-23)22(30)27-21-25-13-16(14-26-21)15-4-2-1-3-5-15/h1-7,12-14H,8-11H2,(H,25,26,27,30). The van der Waals surface area contributed by atoms with Crippen LogP contribution in [0.5, 0.6) is 0 Å². The van der Waals surface area contributed by atoms with E-state index in [0.717, 1.165) is 11.1 Å². The zero-order chi connectivity index (χ0) is 21.4. The predicted molar refractivity (Wildman–Crippen MR) is 111 cm³/mol. The molecule has 0 atom stereocenters. The fraction of sp³-hybridized carbons (Fsp3) is 0.217. The Kier molecular flexibility index (Phi) is 4.62. The first kappa shape index (κ1) is 19.2. The van der Waals surface area contributed by atoms with Crippen LogP contribution in [0.25, 0.3) is 11.1 Å². The molecule has 7 nitrogen and oxygen atoms in total. The summed E-state index contributed by atoms with van der Waals surface area (Å²) in [5.41, 5.74) is 2.01. The monoisotopic (exact) mass is 418 g/mol. The molecule has 0 bridgehead atoms. The van der Waals surface area contributed by atoms with Gasteiger partial charge in [0, 0.05) is 49.5 Å². The van der Waals surface area contributed by atoms with Crippen molar-refractivity contribution in [2.24, 2.45) is 0 Å². The molecule has 1 fully saturated rings. The highest BCUT2D eigenvalue weighted by Gasteiger charge is 2.48. The minimum Gasteiger partial charge on any atom is -0.450 e. The maximum Gasteiger partial charge on any atom is 0.339 e. The van der Waals surface area contributed by atoms with Crippen molar-refractivity contribution in [3.63, 3.8) is 0 Å². The van der Waals surface area contributed by atoms with Crippen LogP contribution >= 0.6 is 0 Å². The third-order valence-corrected chi connectivity index (χ3v) is 5.82. The number of carbonyl (C=O) groups is 2. The third-order valence-electron chi connectivity index (χ3n) is 5.82. The first-order valence-corrected chi connectivity index (χ1v) is 10.0. The molecule has 2 amide bonds. The van der Waals surface area contributed by atoms with Gasteiger partial charge in [0.1, 0.15) is 11.4 Å². The van der Waals surface area contributed by atoms with Crippen LogP contribution in [0.2, 0.25) is 0 Å². The average Bonchev–Trinajstić information content (AvgIpc) is 3.05. The number of ether oxygens (including phenoxy) is 1. The quantitative estimate of drug-likeness (QED) is 0.637. The van der Waals surface area contributed by atoms with E-state index in [1.807, 2.05) is 30.3 Å². The zero-order valence-electron chi connectivity index (χ0n) is 16.5. The molecular formula is C23H19FN4O3. The van der Waals surface area contributed by atoms with Crippen LogP contribution < -0.4 is 5.32 Å². The Bertz CT molecular complexity index is 1140. The Balaban J connectivity index is 1.24. The summed E-state index contributed by atoms with van der Waals surface area (Å²) in [5, 5.41) is 2.71. The first-order chi connectivity index (χ1) is 15.0. The molecular weight excluding hydrogens is 399 g/mol. The Labute approximate surface area is 177 Å². The molecule has 0 aliphatic carbocycles. The number of esters is 1. The van der Waals surface area contributed by atoms with Crippen molar-refractivity contribution in [2.45, 2.75) is 18.4 Å². The molecule has 1 aromatic heterocycles. The van der Waals surface area contributed by atoms with Gasteiger partial charge in [-0.25, -0.2) is 23.9 Å². The number of piperidine rings is 1. The lowest BCUT2D eigenvalue weighted by molar-refractivity contribution is -0.0363. The SMILES string of the molecule is O=C1OC2(CCN(C(=O)Nc3ncc(-c4ccccc4)cn3)CC2)c2ccc(F)cc21. The highest BCUT2D eigenvalue weighted by molar-refractivity contribution is 5.95. The van der Waals surface area contributed by atoms with E-state index in [0.29, 0.717) is 31.5 Å². The van der Waals surface area contributed by atoms with E-state index in [-0.39, 0.29) is 17.5 Å². The average molecular weight is 418 g/mol. The summed E-state index contributed by atoms with van der Waals surface area (Å²) >= 11 is 0. The van der Waals surface area contributed by atoms with Crippen LogP contribution in [0.15, 0.2) is 60.9 Å². The molecule has 0 radical (unpaired) electrons. The molecule has 8 heteroatoms. The van der Waals surface area contributed by atoms with E-state index in [1.54, 1.807) is 23.4 Å². The van der Waals surface area contributed by atoms with Gasteiger partial charge in [0.25, 0.3) is 0 Å². The van der Waals surface area contributed by atoms with Gasteiger partial charge in [-0.15, -0.1) is 0 Å². The second kappa shape index (κ2) is 7.46. The second-order valence-corrected chi connectivity index (χ2v) is 7.65. The summed E-state index contributed by atoms with van der Waals surface area (Å²) in [5.74, 6) is -0.764. The molecule has 2 aliphatic heterocycles. The zero-order valence-corrected chi connectivity index (χ0v) is 16.5. The third kappa shape index (κ3) is 3.50. The van der Waals surface area contributed by atoms with Crippen molar-refractivity contribution in [1.29, 1.82) is 0 Å². The number of nitrogens with zero attached hydrogens (tertiary/aromatic N) is 3. The molecule has 0 unspecified atom stereocenters. The number of urea groups is 1. The highest BCUT2D eigenvalue weighted by atomic mass is 19.1. The topological polar surface area (TPSA) is 84.4 Å². The molecule has 5 rings (SSSR count). The second-order valence-electron chi connectivity index (χ2n) is 7.65. The summed E-state index contributed by atoms with van der Waals surface area (Å²) in [6.07, 6.45) is 4.21. The van der Waals surface area contributed by atoms with Crippen LogP contribution in [0.4, 0.5) is 15.1 Å². The number of anilines is 1. The summed E-state index contributed by atoms with van der Waals surface area (Å²) < 4.78 is 19.1. The molecule has 0 saturated carbocycles. The molecule has 1 spiro atoms. The van der Waals surface area contributed by atoms with Crippen molar-refractivity contribution >= 4 is 17.9 Å². The molecule has 3 aromatic rings. The number of rotatable bonds is 2. The van der Waals surface area contributed by atoms with Gasteiger partial charge in [0.15, 0.2) is 0 Å². The van der Waals surface area contributed by atoms with Crippen molar-refractivity contribution in [3.05, 3.63) is 77.9 Å². The number of benzene rings is 2. The Morgan fingerprint density at radius 2 is 1.74 bits per heavy atom. The molecule has 31 heavy (non-hydrogen) atoms. The van der Waals surface area contributed by atoms with Crippen LogP contribution in [-0.4, -0.2) is 40.0 Å². The number of fused-ring (bicyclic) bond motifs is 2. The Hall–Kier alpha value is -3.81. The lowest BCUT2D eigenvalue weighted by atomic mass is 9.84. The summed E-state index contributed by atoms with van der Waals surface area (Å²) in [4.78, 5) is 34.9. The number of nitrogens with one attached hydrogen (secondary N) is 1. The molecule has 2 aromatic carbocycles. The lowest BCUT2D eigenvalue weighted by Gasteiger charge is -2.38. The van der Waals surface area contributed by atoms with Gasteiger partial charge < -0.3 is 9.64 Å². The van der Waals surface area contributed by atoms with Crippen molar-refractivity contribution in [2.75, 3.05) is 18.4 Å². The van der Waals surface area contributed by atoms with Crippen LogP contribution in [-0.2, 0) is 10.3 Å². The fourth-order valence-electron chi connectivity index (χ4n) is 4.16. The lowest BCUT2D eigenvalue weighted by Crippen LogP contribution is -2.47. The smallest absolute Gasteiger partial charge is 0.339 e. The molecule has 1 saturated heterocycles.